The lowest BCUT2D eigenvalue weighted by Gasteiger charge is -2.26. The molecular weight excluding hydrogens is 416 g/mol. The van der Waals surface area contributed by atoms with Gasteiger partial charge in [-0.2, -0.15) is 0 Å². The molecule has 0 radical (unpaired) electrons. The third-order valence-electron chi connectivity index (χ3n) is 4.51. The van der Waals surface area contributed by atoms with Gasteiger partial charge in [-0.05, 0) is 61.7 Å². The van der Waals surface area contributed by atoms with Crippen LogP contribution >= 0.6 is 11.6 Å². The maximum atomic E-state index is 12.6. The summed E-state index contributed by atoms with van der Waals surface area (Å²) in [4.78, 5) is 26.0. The van der Waals surface area contributed by atoms with Gasteiger partial charge in [0.2, 0.25) is 0 Å². The summed E-state index contributed by atoms with van der Waals surface area (Å²) in [5, 5.41) is 0.483. The van der Waals surface area contributed by atoms with Crippen molar-refractivity contribution < 1.29 is 22.7 Å². The summed E-state index contributed by atoms with van der Waals surface area (Å²) in [5.74, 6) is -0.995. The van der Waals surface area contributed by atoms with E-state index in [1.807, 2.05) is 0 Å². The minimum Gasteiger partial charge on any atom is -0.452 e. The molecular formula is C20H21ClN2O5S. The molecule has 0 saturated carbocycles. The number of rotatable bonds is 6. The molecule has 0 spiro atoms. The molecule has 2 aromatic carbocycles. The van der Waals surface area contributed by atoms with Crippen LogP contribution < -0.4 is 4.72 Å². The topological polar surface area (TPSA) is 92.8 Å². The van der Waals surface area contributed by atoms with Crippen LogP contribution in [0.15, 0.2) is 53.4 Å². The average molecular weight is 437 g/mol. The van der Waals surface area contributed by atoms with Crippen LogP contribution in [0.4, 0.5) is 5.69 Å². The molecule has 7 nitrogen and oxygen atoms in total. The fraction of sp³-hybridized carbons (Fsp3) is 0.300. The zero-order valence-corrected chi connectivity index (χ0v) is 17.2. The number of nitrogens with one attached hydrogen (secondary N) is 1. The van der Waals surface area contributed by atoms with E-state index >= 15 is 0 Å². The van der Waals surface area contributed by atoms with Crippen molar-refractivity contribution in [3.05, 3.63) is 59.1 Å². The number of likely N-dealkylation sites (tertiary alicyclic amines) is 1. The predicted molar refractivity (Wildman–Crippen MR) is 109 cm³/mol. The Morgan fingerprint density at radius 1 is 1.03 bits per heavy atom. The summed E-state index contributed by atoms with van der Waals surface area (Å²) in [5.41, 5.74) is 0.393. The molecule has 1 saturated heterocycles. The molecule has 0 aliphatic carbocycles. The Balaban J connectivity index is 1.65. The number of esters is 1. The monoisotopic (exact) mass is 436 g/mol. The number of carbonyl (C=O) groups is 2. The van der Waals surface area contributed by atoms with Crippen molar-refractivity contribution >= 4 is 39.2 Å². The molecule has 1 aliphatic heterocycles. The van der Waals surface area contributed by atoms with Gasteiger partial charge in [0.1, 0.15) is 0 Å². The number of piperidine rings is 1. The lowest BCUT2D eigenvalue weighted by molar-refractivity contribution is -0.135. The van der Waals surface area contributed by atoms with Gasteiger partial charge < -0.3 is 9.64 Å². The molecule has 154 valence electrons. The van der Waals surface area contributed by atoms with E-state index in [1.54, 1.807) is 17.0 Å². The molecule has 1 heterocycles. The van der Waals surface area contributed by atoms with E-state index in [-0.39, 0.29) is 23.0 Å². The second-order valence-corrected chi connectivity index (χ2v) is 8.78. The molecule has 0 bridgehead atoms. The molecule has 29 heavy (non-hydrogen) atoms. The van der Waals surface area contributed by atoms with Gasteiger partial charge in [-0.3, -0.25) is 9.52 Å². The van der Waals surface area contributed by atoms with E-state index in [0.717, 1.165) is 19.3 Å². The van der Waals surface area contributed by atoms with Crippen LogP contribution in [-0.4, -0.2) is 44.9 Å². The third kappa shape index (κ3) is 5.71. The Morgan fingerprint density at radius 2 is 1.72 bits per heavy atom. The number of amides is 1. The molecule has 0 atom stereocenters. The molecule has 9 heteroatoms. The number of halogens is 1. The van der Waals surface area contributed by atoms with Crippen LogP contribution in [0.1, 0.15) is 29.6 Å². The molecule has 1 fully saturated rings. The van der Waals surface area contributed by atoms with Crippen molar-refractivity contribution in [3.63, 3.8) is 0 Å². The van der Waals surface area contributed by atoms with Gasteiger partial charge in [0.05, 0.1) is 10.5 Å². The number of benzene rings is 2. The highest BCUT2D eigenvalue weighted by Crippen LogP contribution is 2.19. The first-order valence-corrected chi connectivity index (χ1v) is 11.0. The van der Waals surface area contributed by atoms with E-state index < -0.39 is 16.0 Å². The van der Waals surface area contributed by atoms with E-state index in [4.69, 9.17) is 16.3 Å². The standard InChI is InChI=1S/C20H21ClN2O5S/c21-16-7-9-17(10-8-16)22-29(26,27)18-6-4-5-15(13-18)20(25)28-14-19(24)23-11-2-1-3-12-23/h4-10,13,22H,1-3,11-12,14H2. The highest BCUT2D eigenvalue weighted by molar-refractivity contribution is 7.92. The maximum Gasteiger partial charge on any atom is 0.338 e. The van der Waals surface area contributed by atoms with Gasteiger partial charge in [0.25, 0.3) is 15.9 Å². The molecule has 1 N–H and O–H groups in total. The zero-order chi connectivity index (χ0) is 20.9. The van der Waals surface area contributed by atoms with E-state index in [2.05, 4.69) is 4.72 Å². The van der Waals surface area contributed by atoms with Crippen LogP contribution in [0.2, 0.25) is 5.02 Å². The van der Waals surface area contributed by atoms with Crippen LogP contribution in [0.25, 0.3) is 0 Å². The molecule has 1 aliphatic rings. The zero-order valence-electron chi connectivity index (χ0n) is 15.6. The summed E-state index contributed by atoms with van der Waals surface area (Å²) < 4.78 is 32.7. The number of hydrogen-bond donors (Lipinski definition) is 1. The Hall–Kier alpha value is -2.58. The number of hydrogen-bond acceptors (Lipinski definition) is 5. The van der Waals surface area contributed by atoms with Gasteiger partial charge in [-0.15, -0.1) is 0 Å². The van der Waals surface area contributed by atoms with E-state index in [1.165, 1.54) is 36.4 Å². The van der Waals surface area contributed by atoms with Crippen molar-refractivity contribution in [1.82, 2.24) is 4.90 Å². The normalized spacial score (nSPS) is 14.3. The van der Waals surface area contributed by atoms with E-state index in [9.17, 15) is 18.0 Å². The predicted octanol–water partition coefficient (Wildman–Crippen LogP) is 3.31. The second-order valence-electron chi connectivity index (χ2n) is 6.66. The number of nitrogens with zero attached hydrogens (tertiary/aromatic N) is 1. The average Bonchev–Trinajstić information content (AvgIpc) is 2.74. The van der Waals surface area contributed by atoms with Crippen LogP contribution in [0, 0.1) is 0 Å². The molecule has 2 aromatic rings. The fourth-order valence-electron chi connectivity index (χ4n) is 2.97. The second kappa shape index (κ2) is 9.28. The summed E-state index contributed by atoms with van der Waals surface area (Å²) in [7, 11) is -3.91. The summed E-state index contributed by atoms with van der Waals surface area (Å²) >= 11 is 5.80. The summed E-state index contributed by atoms with van der Waals surface area (Å²) in [6.45, 7) is 0.972. The molecule has 3 rings (SSSR count). The Kier molecular flexibility index (Phi) is 6.76. The van der Waals surface area contributed by atoms with Crippen molar-refractivity contribution in [2.75, 3.05) is 24.4 Å². The van der Waals surface area contributed by atoms with Crippen molar-refractivity contribution in [3.8, 4) is 0 Å². The lowest BCUT2D eigenvalue weighted by atomic mass is 10.1. The molecule has 0 unspecified atom stereocenters. The van der Waals surface area contributed by atoms with Gasteiger partial charge in [0, 0.05) is 23.8 Å². The minimum absolute atomic E-state index is 0.0513. The highest BCUT2D eigenvalue weighted by Gasteiger charge is 2.20. The van der Waals surface area contributed by atoms with Crippen molar-refractivity contribution in [2.24, 2.45) is 0 Å². The Bertz CT molecular complexity index is 986. The van der Waals surface area contributed by atoms with Crippen molar-refractivity contribution in [2.45, 2.75) is 24.2 Å². The van der Waals surface area contributed by atoms with Gasteiger partial charge in [-0.1, -0.05) is 17.7 Å². The van der Waals surface area contributed by atoms with Gasteiger partial charge in [0.15, 0.2) is 6.61 Å². The van der Waals surface area contributed by atoms with Gasteiger partial charge in [-0.25, -0.2) is 13.2 Å². The lowest BCUT2D eigenvalue weighted by Crippen LogP contribution is -2.38. The van der Waals surface area contributed by atoms with Crippen LogP contribution in [-0.2, 0) is 19.6 Å². The first-order valence-electron chi connectivity index (χ1n) is 9.18. The minimum atomic E-state index is -3.91. The van der Waals surface area contributed by atoms with Crippen molar-refractivity contribution in [1.29, 1.82) is 0 Å². The van der Waals surface area contributed by atoms with Crippen LogP contribution in [0.3, 0.4) is 0 Å². The Morgan fingerprint density at radius 3 is 2.41 bits per heavy atom. The molecule has 0 aromatic heterocycles. The third-order valence-corrected chi connectivity index (χ3v) is 6.14. The highest BCUT2D eigenvalue weighted by atomic mass is 35.5. The number of anilines is 1. The fourth-order valence-corrected chi connectivity index (χ4v) is 4.20. The van der Waals surface area contributed by atoms with E-state index in [0.29, 0.717) is 23.8 Å². The molecule has 1 amide bonds. The number of sulfonamides is 1. The largest absolute Gasteiger partial charge is 0.452 e. The van der Waals surface area contributed by atoms with Crippen LogP contribution in [0.5, 0.6) is 0 Å². The summed E-state index contributed by atoms with van der Waals surface area (Å²) in [6.07, 6.45) is 2.98. The first kappa shape index (κ1) is 21.1. The quantitative estimate of drug-likeness (QED) is 0.701. The number of carbonyl (C=O) groups excluding carboxylic acids is 2. The first-order chi connectivity index (χ1) is 13.8. The smallest absolute Gasteiger partial charge is 0.338 e. The number of ether oxygens (including phenoxy) is 1. The maximum absolute atomic E-state index is 12.6. The SMILES string of the molecule is O=C(OCC(=O)N1CCCCC1)c1cccc(S(=O)(=O)Nc2ccc(Cl)cc2)c1. The Labute approximate surface area is 174 Å². The summed E-state index contributed by atoms with van der Waals surface area (Å²) in [6, 6.07) is 11.7. The van der Waals surface area contributed by atoms with Gasteiger partial charge >= 0.3 is 5.97 Å².